The van der Waals surface area contributed by atoms with Crippen molar-refractivity contribution in [2.45, 2.75) is 264 Å². The Morgan fingerprint density at radius 3 is 0.933 bits per heavy atom. The van der Waals surface area contributed by atoms with Crippen molar-refractivity contribution in [3.05, 3.63) is 48.6 Å². The maximum absolute atomic E-state index is 12.8. The summed E-state index contributed by atoms with van der Waals surface area (Å²) in [5, 5.41) is 0. The normalized spacial score (nSPS) is 12.4. The quantitative estimate of drug-likeness (QED) is 0.0263. The van der Waals surface area contributed by atoms with Gasteiger partial charge in [0.1, 0.15) is 13.2 Å². The zero-order valence-corrected chi connectivity index (χ0v) is 39.7. The summed E-state index contributed by atoms with van der Waals surface area (Å²) >= 11 is 0. The predicted molar refractivity (Wildman–Crippen MR) is 256 cm³/mol. The van der Waals surface area contributed by atoms with E-state index >= 15 is 0 Å². The highest BCUT2D eigenvalue weighted by atomic mass is 16.6. The highest BCUT2D eigenvalue weighted by Gasteiger charge is 2.19. The van der Waals surface area contributed by atoms with Crippen LogP contribution in [0.15, 0.2) is 48.6 Å². The van der Waals surface area contributed by atoms with Gasteiger partial charge in [-0.25, -0.2) is 0 Å². The van der Waals surface area contributed by atoms with Crippen molar-refractivity contribution in [1.82, 2.24) is 0 Å². The molecule has 0 saturated heterocycles. The zero-order chi connectivity index (χ0) is 43.7. The predicted octanol–water partition coefficient (Wildman–Crippen LogP) is 16.7. The Labute approximate surface area is 371 Å². The van der Waals surface area contributed by atoms with Gasteiger partial charge < -0.3 is 14.2 Å². The maximum atomic E-state index is 12.8. The third-order valence-electron chi connectivity index (χ3n) is 11.0. The van der Waals surface area contributed by atoms with Crippen LogP contribution in [0, 0.1) is 0 Å². The van der Waals surface area contributed by atoms with Gasteiger partial charge in [0, 0.05) is 19.3 Å². The first kappa shape index (κ1) is 57.4. The van der Waals surface area contributed by atoms with Gasteiger partial charge >= 0.3 is 17.9 Å². The Hall–Kier alpha value is -2.63. The molecule has 0 amide bonds. The molecule has 0 spiro atoms. The molecule has 0 heterocycles. The van der Waals surface area contributed by atoms with E-state index < -0.39 is 6.10 Å². The molecule has 0 aromatic rings. The van der Waals surface area contributed by atoms with E-state index in [2.05, 4.69) is 69.4 Å². The molecule has 0 radical (unpaired) electrons. The van der Waals surface area contributed by atoms with Gasteiger partial charge in [0.2, 0.25) is 0 Å². The molecule has 0 N–H and O–H groups in total. The second-order valence-electron chi connectivity index (χ2n) is 17.1. The lowest BCUT2D eigenvalue weighted by molar-refractivity contribution is -0.167. The first-order chi connectivity index (χ1) is 29.5. The number of unbranched alkanes of at least 4 members (excludes halogenated alkanes) is 27. The third-order valence-corrected chi connectivity index (χ3v) is 11.0. The van der Waals surface area contributed by atoms with Crippen molar-refractivity contribution in [3.63, 3.8) is 0 Å². The Morgan fingerprint density at radius 2 is 0.600 bits per heavy atom. The summed E-state index contributed by atoms with van der Waals surface area (Å²) in [6.07, 6.45) is 58.0. The number of hydrogen-bond donors (Lipinski definition) is 0. The number of ether oxygens (including phenoxy) is 3. The Morgan fingerprint density at radius 1 is 0.333 bits per heavy atom. The van der Waals surface area contributed by atoms with E-state index in [0.717, 1.165) is 96.3 Å². The summed E-state index contributed by atoms with van der Waals surface area (Å²) in [6, 6.07) is 0. The molecule has 0 aliphatic rings. The van der Waals surface area contributed by atoms with Crippen LogP contribution >= 0.6 is 0 Å². The van der Waals surface area contributed by atoms with Crippen molar-refractivity contribution in [2.75, 3.05) is 13.2 Å². The molecule has 6 heteroatoms. The van der Waals surface area contributed by atoms with Crippen LogP contribution in [0.5, 0.6) is 0 Å². The maximum Gasteiger partial charge on any atom is 0.306 e. The smallest absolute Gasteiger partial charge is 0.306 e. The van der Waals surface area contributed by atoms with E-state index in [1.807, 2.05) is 0 Å². The van der Waals surface area contributed by atoms with Crippen LogP contribution in [-0.2, 0) is 28.6 Å². The first-order valence-corrected chi connectivity index (χ1v) is 25.6. The SMILES string of the molecule is CCCCCC/C=C\C/C=C\CCCCCCCC(=O)OCC(COC(=O)CCCCCCC/C=C\CCCCCC)OC(=O)CCCCCCC/C=C\CCCCCC. The van der Waals surface area contributed by atoms with Crippen LogP contribution in [-0.4, -0.2) is 37.2 Å². The number of esters is 3. The molecule has 348 valence electrons. The minimum absolute atomic E-state index is 0.0848. The fourth-order valence-corrected chi connectivity index (χ4v) is 7.11. The molecule has 0 aromatic carbocycles. The molecule has 0 aliphatic carbocycles. The lowest BCUT2D eigenvalue weighted by Gasteiger charge is -2.18. The van der Waals surface area contributed by atoms with Crippen molar-refractivity contribution >= 4 is 17.9 Å². The summed E-state index contributed by atoms with van der Waals surface area (Å²) < 4.78 is 16.8. The third kappa shape index (κ3) is 46.4. The van der Waals surface area contributed by atoms with E-state index in [1.165, 1.54) is 122 Å². The molecule has 60 heavy (non-hydrogen) atoms. The number of allylic oxidation sites excluding steroid dienone is 8. The van der Waals surface area contributed by atoms with Crippen molar-refractivity contribution < 1.29 is 28.6 Å². The van der Waals surface area contributed by atoms with Gasteiger partial charge in [0.05, 0.1) is 0 Å². The van der Waals surface area contributed by atoms with Crippen LogP contribution in [0.3, 0.4) is 0 Å². The van der Waals surface area contributed by atoms with E-state index in [1.54, 1.807) is 0 Å². The van der Waals surface area contributed by atoms with E-state index in [4.69, 9.17) is 14.2 Å². The first-order valence-electron chi connectivity index (χ1n) is 25.6. The summed E-state index contributed by atoms with van der Waals surface area (Å²) in [5.41, 5.74) is 0. The van der Waals surface area contributed by atoms with Crippen LogP contribution in [0.2, 0.25) is 0 Å². The van der Waals surface area contributed by atoms with Crippen LogP contribution < -0.4 is 0 Å². The van der Waals surface area contributed by atoms with E-state index in [9.17, 15) is 14.4 Å². The van der Waals surface area contributed by atoms with Crippen LogP contribution in [0.1, 0.15) is 258 Å². The fraction of sp³-hybridized carbons (Fsp3) is 0.796. The molecule has 0 fully saturated rings. The molecule has 0 aliphatic heterocycles. The minimum atomic E-state index is -0.784. The summed E-state index contributed by atoms with van der Waals surface area (Å²) in [6.45, 7) is 6.57. The molecule has 6 nitrogen and oxygen atoms in total. The standard InChI is InChI=1S/C54H96O6/c1-4-7-10-13-16-19-22-25-26-27-30-32-35-38-41-44-47-53(56)59-50-51(60-54(57)48-45-42-39-36-33-29-24-21-18-15-12-9-6-3)49-58-52(55)46-43-40-37-34-31-28-23-20-17-14-11-8-5-2/h19-24,26-27,51H,4-18,25,28-50H2,1-3H3/b22-19-,23-20-,24-21-,27-26-. The summed E-state index contributed by atoms with van der Waals surface area (Å²) in [7, 11) is 0. The molecule has 0 rings (SSSR count). The van der Waals surface area contributed by atoms with E-state index in [0.29, 0.717) is 19.3 Å². The van der Waals surface area contributed by atoms with Crippen LogP contribution in [0.4, 0.5) is 0 Å². The highest BCUT2D eigenvalue weighted by molar-refractivity contribution is 5.71. The number of rotatable bonds is 46. The van der Waals surface area contributed by atoms with Gasteiger partial charge in [0.25, 0.3) is 0 Å². The molecule has 1 unspecified atom stereocenters. The summed E-state index contributed by atoms with van der Waals surface area (Å²) in [4.78, 5) is 37.9. The second kappa shape index (κ2) is 49.0. The number of hydrogen-bond acceptors (Lipinski definition) is 6. The topological polar surface area (TPSA) is 78.9 Å². The Kier molecular flexibility index (Phi) is 46.9. The molecular weight excluding hydrogens is 745 g/mol. The molecule has 0 aromatic heterocycles. The largest absolute Gasteiger partial charge is 0.462 e. The lowest BCUT2D eigenvalue weighted by atomic mass is 10.1. The van der Waals surface area contributed by atoms with Gasteiger partial charge in [-0.1, -0.05) is 185 Å². The average molecular weight is 841 g/mol. The fourth-order valence-electron chi connectivity index (χ4n) is 7.11. The lowest BCUT2D eigenvalue weighted by Crippen LogP contribution is -2.30. The van der Waals surface area contributed by atoms with E-state index in [-0.39, 0.29) is 31.1 Å². The van der Waals surface area contributed by atoms with Crippen molar-refractivity contribution in [3.8, 4) is 0 Å². The highest BCUT2D eigenvalue weighted by Crippen LogP contribution is 2.14. The van der Waals surface area contributed by atoms with Crippen molar-refractivity contribution in [2.24, 2.45) is 0 Å². The Bertz CT molecular complexity index is 1060. The molecule has 0 saturated carbocycles. The zero-order valence-electron chi connectivity index (χ0n) is 39.7. The van der Waals surface area contributed by atoms with Crippen LogP contribution in [0.25, 0.3) is 0 Å². The van der Waals surface area contributed by atoms with Gasteiger partial charge in [0.15, 0.2) is 6.10 Å². The second-order valence-corrected chi connectivity index (χ2v) is 17.1. The number of carbonyl (C=O) groups excluding carboxylic acids is 3. The van der Waals surface area contributed by atoms with Gasteiger partial charge in [-0.15, -0.1) is 0 Å². The molecule has 1 atom stereocenters. The number of carbonyl (C=O) groups is 3. The van der Waals surface area contributed by atoms with Gasteiger partial charge in [-0.05, 0) is 103 Å². The van der Waals surface area contributed by atoms with Gasteiger partial charge in [-0.2, -0.15) is 0 Å². The van der Waals surface area contributed by atoms with Gasteiger partial charge in [-0.3, -0.25) is 14.4 Å². The average Bonchev–Trinajstić information content (AvgIpc) is 3.24. The Balaban J connectivity index is 4.41. The monoisotopic (exact) mass is 841 g/mol. The van der Waals surface area contributed by atoms with Crippen molar-refractivity contribution in [1.29, 1.82) is 0 Å². The molecule has 0 bridgehead atoms. The molecular formula is C54H96O6. The minimum Gasteiger partial charge on any atom is -0.462 e. The summed E-state index contributed by atoms with van der Waals surface area (Å²) in [5.74, 6) is -0.911.